The summed E-state index contributed by atoms with van der Waals surface area (Å²) in [6, 6.07) is 20.8. The number of rotatable bonds is 6. The number of carboxylic acid groups (broad SMARTS) is 1. The third-order valence-electron chi connectivity index (χ3n) is 4.18. The summed E-state index contributed by atoms with van der Waals surface area (Å²) < 4.78 is 27.6. The second kappa shape index (κ2) is 8.10. The summed E-state index contributed by atoms with van der Waals surface area (Å²) in [6.07, 6.45) is 3.91. The van der Waals surface area contributed by atoms with Gasteiger partial charge in [0.2, 0.25) is 0 Å². The molecular weight excluding hydrogens is 374 g/mol. The second-order valence-electron chi connectivity index (χ2n) is 6.25. The average molecular weight is 393 g/mol. The molecular formula is C22H19NO4S. The first kappa shape index (κ1) is 19.4. The van der Waals surface area contributed by atoms with E-state index in [4.69, 9.17) is 0 Å². The molecule has 3 aromatic carbocycles. The maximum absolute atomic E-state index is 12.6. The van der Waals surface area contributed by atoms with Crippen molar-refractivity contribution in [3.63, 3.8) is 0 Å². The number of hydrogen-bond donors (Lipinski definition) is 2. The monoisotopic (exact) mass is 393 g/mol. The Kier molecular flexibility index (Phi) is 5.61. The fraction of sp³-hybridized carbons (Fsp3) is 0.0455. The van der Waals surface area contributed by atoms with E-state index < -0.39 is 16.0 Å². The van der Waals surface area contributed by atoms with E-state index in [9.17, 15) is 18.3 Å². The Labute approximate surface area is 164 Å². The smallest absolute Gasteiger partial charge is 0.335 e. The molecule has 0 saturated heterocycles. The highest BCUT2D eigenvalue weighted by atomic mass is 32.2. The molecule has 0 aliphatic carbocycles. The Morgan fingerprint density at radius 1 is 0.893 bits per heavy atom. The minimum atomic E-state index is -3.89. The van der Waals surface area contributed by atoms with Crippen LogP contribution >= 0.6 is 0 Å². The summed E-state index contributed by atoms with van der Waals surface area (Å²) in [5, 5.41) is 9.19. The van der Waals surface area contributed by atoms with Crippen molar-refractivity contribution in [2.24, 2.45) is 0 Å². The van der Waals surface area contributed by atoms with Crippen LogP contribution in [0.4, 0.5) is 5.69 Å². The summed E-state index contributed by atoms with van der Waals surface area (Å²) >= 11 is 0. The molecule has 0 radical (unpaired) electrons. The van der Waals surface area contributed by atoms with E-state index in [2.05, 4.69) is 4.72 Å². The van der Waals surface area contributed by atoms with Crippen LogP contribution < -0.4 is 4.72 Å². The molecule has 0 aliphatic heterocycles. The molecule has 0 spiro atoms. The van der Waals surface area contributed by atoms with Crippen LogP contribution in [0.25, 0.3) is 12.2 Å². The molecule has 0 bridgehead atoms. The zero-order valence-electron chi connectivity index (χ0n) is 15.2. The van der Waals surface area contributed by atoms with Crippen LogP contribution in [0.15, 0.2) is 77.7 Å². The van der Waals surface area contributed by atoms with Gasteiger partial charge in [0.1, 0.15) is 0 Å². The van der Waals surface area contributed by atoms with Gasteiger partial charge in [-0.15, -0.1) is 0 Å². The van der Waals surface area contributed by atoms with Crippen LogP contribution in [0.2, 0.25) is 0 Å². The van der Waals surface area contributed by atoms with Crippen molar-refractivity contribution in [3.05, 3.63) is 95.1 Å². The van der Waals surface area contributed by atoms with Crippen LogP contribution in [0, 0.1) is 6.92 Å². The fourth-order valence-electron chi connectivity index (χ4n) is 2.63. The van der Waals surface area contributed by atoms with E-state index in [-0.39, 0.29) is 10.5 Å². The molecule has 0 aromatic heterocycles. The van der Waals surface area contributed by atoms with Crippen LogP contribution in [0.1, 0.15) is 27.0 Å². The molecule has 0 atom stereocenters. The van der Waals surface area contributed by atoms with Crippen molar-refractivity contribution in [1.82, 2.24) is 0 Å². The van der Waals surface area contributed by atoms with Gasteiger partial charge in [0.25, 0.3) is 10.0 Å². The molecule has 5 nitrogen and oxygen atoms in total. The Morgan fingerprint density at radius 2 is 1.50 bits per heavy atom. The molecule has 0 aliphatic rings. The van der Waals surface area contributed by atoms with Gasteiger partial charge in [0, 0.05) is 5.69 Å². The largest absolute Gasteiger partial charge is 0.478 e. The number of aryl methyl sites for hydroxylation is 1. The Morgan fingerprint density at radius 3 is 2.11 bits per heavy atom. The van der Waals surface area contributed by atoms with Crippen molar-refractivity contribution in [3.8, 4) is 0 Å². The highest BCUT2D eigenvalue weighted by molar-refractivity contribution is 7.92. The van der Waals surface area contributed by atoms with Gasteiger partial charge in [0.15, 0.2) is 0 Å². The zero-order chi connectivity index (χ0) is 20.1. The van der Waals surface area contributed by atoms with Gasteiger partial charge in [0.05, 0.1) is 10.5 Å². The van der Waals surface area contributed by atoms with E-state index >= 15 is 0 Å². The van der Waals surface area contributed by atoms with Crippen molar-refractivity contribution in [2.45, 2.75) is 11.8 Å². The van der Waals surface area contributed by atoms with Gasteiger partial charge in [-0.3, -0.25) is 4.72 Å². The third-order valence-corrected chi connectivity index (χ3v) is 5.56. The Balaban J connectivity index is 1.77. The van der Waals surface area contributed by atoms with Crippen molar-refractivity contribution < 1.29 is 18.3 Å². The number of sulfonamides is 1. The van der Waals surface area contributed by atoms with Crippen molar-refractivity contribution in [1.29, 1.82) is 0 Å². The SMILES string of the molecule is Cc1ccc(S(=O)(=O)Nc2ccc(C=Cc3ccccc3)cc2)cc1C(=O)O. The van der Waals surface area contributed by atoms with Crippen LogP contribution in [0.5, 0.6) is 0 Å². The lowest BCUT2D eigenvalue weighted by Gasteiger charge is -2.10. The maximum atomic E-state index is 12.6. The first-order chi connectivity index (χ1) is 13.3. The summed E-state index contributed by atoms with van der Waals surface area (Å²) in [7, 11) is -3.89. The number of anilines is 1. The Bertz CT molecular complexity index is 1120. The van der Waals surface area contributed by atoms with Crippen LogP contribution in [-0.2, 0) is 10.0 Å². The lowest BCUT2D eigenvalue weighted by atomic mass is 10.1. The average Bonchev–Trinajstić information content (AvgIpc) is 2.68. The molecule has 3 rings (SSSR count). The van der Waals surface area contributed by atoms with E-state index in [1.54, 1.807) is 31.2 Å². The topological polar surface area (TPSA) is 83.5 Å². The molecule has 2 N–H and O–H groups in total. The van der Waals surface area contributed by atoms with Crippen LogP contribution in [0.3, 0.4) is 0 Å². The molecule has 6 heteroatoms. The summed E-state index contributed by atoms with van der Waals surface area (Å²) in [4.78, 5) is 11.1. The van der Waals surface area contributed by atoms with Gasteiger partial charge in [-0.25, -0.2) is 13.2 Å². The van der Waals surface area contributed by atoms with E-state index in [1.807, 2.05) is 42.5 Å². The van der Waals surface area contributed by atoms with E-state index in [0.717, 1.165) is 17.2 Å². The van der Waals surface area contributed by atoms with E-state index in [0.29, 0.717) is 11.3 Å². The second-order valence-corrected chi connectivity index (χ2v) is 7.94. The number of benzene rings is 3. The molecule has 0 unspecified atom stereocenters. The number of carboxylic acids is 1. The summed E-state index contributed by atoms with van der Waals surface area (Å²) in [6.45, 7) is 1.62. The first-order valence-electron chi connectivity index (χ1n) is 8.55. The van der Waals surface area contributed by atoms with Gasteiger partial charge < -0.3 is 5.11 Å². The first-order valence-corrected chi connectivity index (χ1v) is 10.0. The number of nitrogens with one attached hydrogen (secondary N) is 1. The number of aromatic carboxylic acids is 1. The van der Waals surface area contributed by atoms with E-state index in [1.165, 1.54) is 12.1 Å². The standard InChI is InChI=1S/C22H19NO4S/c1-16-7-14-20(15-21(16)22(24)25)28(26,27)23-19-12-10-18(11-13-19)9-8-17-5-3-2-4-6-17/h2-15,23H,1H3,(H,24,25). The quantitative estimate of drug-likeness (QED) is 0.597. The van der Waals surface area contributed by atoms with Gasteiger partial charge in [-0.1, -0.05) is 60.7 Å². The molecule has 0 heterocycles. The lowest BCUT2D eigenvalue weighted by molar-refractivity contribution is 0.0696. The number of hydrogen-bond acceptors (Lipinski definition) is 3. The summed E-state index contributed by atoms with van der Waals surface area (Å²) in [5.74, 6) is -1.16. The zero-order valence-corrected chi connectivity index (χ0v) is 16.0. The molecule has 0 amide bonds. The minimum absolute atomic E-state index is 0.0377. The molecule has 28 heavy (non-hydrogen) atoms. The Hall–Kier alpha value is -3.38. The highest BCUT2D eigenvalue weighted by Crippen LogP contribution is 2.20. The lowest BCUT2D eigenvalue weighted by Crippen LogP contribution is -2.14. The van der Waals surface area contributed by atoms with Gasteiger partial charge in [-0.2, -0.15) is 0 Å². The highest BCUT2D eigenvalue weighted by Gasteiger charge is 2.17. The van der Waals surface area contributed by atoms with Crippen molar-refractivity contribution >= 4 is 33.8 Å². The van der Waals surface area contributed by atoms with Gasteiger partial charge in [-0.05, 0) is 47.9 Å². The molecule has 3 aromatic rings. The van der Waals surface area contributed by atoms with Gasteiger partial charge >= 0.3 is 5.97 Å². The van der Waals surface area contributed by atoms with Crippen LogP contribution in [-0.4, -0.2) is 19.5 Å². The predicted molar refractivity (Wildman–Crippen MR) is 111 cm³/mol. The normalized spacial score (nSPS) is 11.5. The maximum Gasteiger partial charge on any atom is 0.335 e. The fourth-order valence-corrected chi connectivity index (χ4v) is 3.72. The molecule has 0 saturated carbocycles. The predicted octanol–water partition coefficient (Wildman–Crippen LogP) is 4.66. The third kappa shape index (κ3) is 4.66. The van der Waals surface area contributed by atoms with Crippen molar-refractivity contribution in [2.75, 3.05) is 4.72 Å². The minimum Gasteiger partial charge on any atom is -0.478 e. The molecule has 142 valence electrons. The molecule has 0 fully saturated rings. The number of carbonyl (C=O) groups is 1. The summed E-state index contributed by atoms with van der Waals surface area (Å²) in [5.41, 5.74) is 2.86.